The number of nitrogens with one attached hydrogen (secondary N) is 2. The lowest BCUT2D eigenvalue weighted by Gasteiger charge is -2.19. The number of rotatable bonds is 5. The molecule has 0 radical (unpaired) electrons. The molecule has 0 aliphatic rings. The number of hydrogen-bond donors (Lipinski definition) is 3. The van der Waals surface area contributed by atoms with Crippen LogP contribution in [-0.2, 0) is 9.53 Å². The van der Waals surface area contributed by atoms with E-state index in [1.807, 2.05) is 0 Å². The second-order valence-electron chi connectivity index (χ2n) is 4.52. The molecule has 3 N–H and O–H groups in total. The van der Waals surface area contributed by atoms with Crippen LogP contribution >= 0.6 is 0 Å². The minimum atomic E-state index is -1.00. The summed E-state index contributed by atoms with van der Waals surface area (Å²) in [6.07, 6.45) is 0.576. The average Bonchev–Trinajstić information content (AvgIpc) is 2.08. The molecule has 6 heteroatoms. The number of ether oxygens (including phenoxy) is 1. The van der Waals surface area contributed by atoms with Crippen molar-refractivity contribution >= 4 is 12.1 Å². The Bertz CT molecular complexity index is 305. The highest BCUT2D eigenvalue weighted by Crippen LogP contribution is 2.05. The Labute approximate surface area is 101 Å². The SMILES string of the molecule is C/C(=C/C(=O)O)NCCNC(=O)OC(C)(C)C. The predicted molar refractivity (Wildman–Crippen MR) is 63.6 cm³/mol. The highest BCUT2D eigenvalue weighted by molar-refractivity contribution is 5.80. The molecule has 0 aliphatic heterocycles. The van der Waals surface area contributed by atoms with Crippen LogP contribution in [0.1, 0.15) is 27.7 Å². The summed E-state index contributed by atoms with van der Waals surface area (Å²) in [5.74, 6) is -1.00. The van der Waals surface area contributed by atoms with Gasteiger partial charge in [-0.15, -0.1) is 0 Å². The van der Waals surface area contributed by atoms with Crippen LogP contribution in [0.4, 0.5) is 4.79 Å². The highest BCUT2D eigenvalue weighted by Gasteiger charge is 2.15. The van der Waals surface area contributed by atoms with E-state index in [2.05, 4.69) is 10.6 Å². The molecule has 0 heterocycles. The average molecular weight is 244 g/mol. The first kappa shape index (κ1) is 15.3. The van der Waals surface area contributed by atoms with Gasteiger partial charge < -0.3 is 20.5 Å². The monoisotopic (exact) mass is 244 g/mol. The van der Waals surface area contributed by atoms with Crippen LogP contribution in [-0.4, -0.2) is 35.9 Å². The predicted octanol–water partition coefficient (Wildman–Crippen LogP) is 1.09. The lowest BCUT2D eigenvalue weighted by Crippen LogP contribution is -2.36. The van der Waals surface area contributed by atoms with Gasteiger partial charge in [-0.2, -0.15) is 0 Å². The zero-order chi connectivity index (χ0) is 13.5. The summed E-state index contributed by atoms with van der Waals surface area (Å²) in [5, 5.41) is 13.8. The molecule has 98 valence electrons. The maximum absolute atomic E-state index is 11.2. The first-order chi connectivity index (χ1) is 7.70. The molecule has 0 aromatic heterocycles. The zero-order valence-electron chi connectivity index (χ0n) is 10.7. The van der Waals surface area contributed by atoms with Gasteiger partial charge >= 0.3 is 12.1 Å². The van der Waals surface area contributed by atoms with E-state index in [0.717, 1.165) is 6.08 Å². The molecule has 6 nitrogen and oxygen atoms in total. The van der Waals surface area contributed by atoms with E-state index in [0.29, 0.717) is 18.8 Å². The fourth-order valence-electron chi connectivity index (χ4n) is 0.975. The highest BCUT2D eigenvalue weighted by atomic mass is 16.6. The molecule has 0 aliphatic carbocycles. The van der Waals surface area contributed by atoms with Crippen molar-refractivity contribution in [3.05, 3.63) is 11.8 Å². The number of allylic oxidation sites excluding steroid dienone is 1. The summed E-state index contributed by atoms with van der Waals surface area (Å²) >= 11 is 0. The van der Waals surface area contributed by atoms with Crippen molar-refractivity contribution in [1.29, 1.82) is 0 Å². The first-order valence-corrected chi connectivity index (χ1v) is 5.32. The van der Waals surface area contributed by atoms with Gasteiger partial charge in [0.2, 0.25) is 0 Å². The molecule has 0 fully saturated rings. The van der Waals surface area contributed by atoms with E-state index in [4.69, 9.17) is 9.84 Å². The molecule has 0 bridgehead atoms. The van der Waals surface area contributed by atoms with Gasteiger partial charge in [0.1, 0.15) is 5.60 Å². The van der Waals surface area contributed by atoms with E-state index in [1.165, 1.54) is 0 Å². The van der Waals surface area contributed by atoms with Gasteiger partial charge in [0.25, 0.3) is 0 Å². The van der Waals surface area contributed by atoms with Gasteiger partial charge in [-0.25, -0.2) is 9.59 Å². The summed E-state index contributed by atoms with van der Waals surface area (Å²) in [5.41, 5.74) is 0.0138. The fraction of sp³-hybridized carbons (Fsp3) is 0.636. The third-order valence-corrected chi connectivity index (χ3v) is 1.54. The van der Waals surface area contributed by atoms with Gasteiger partial charge in [0.05, 0.1) is 0 Å². The number of aliphatic carboxylic acids is 1. The molecule has 0 atom stereocenters. The van der Waals surface area contributed by atoms with E-state index in [9.17, 15) is 9.59 Å². The van der Waals surface area contributed by atoms with Crippen LogP contribution in [0.3, 0.4) is 0 Å². The molecule has 0 saturated heterocycles. The zero-order valence-corrected chi connectivity index (χ0v) is 10.7. The second kappa shape index (κ2) is 6.78. The summed E-state index contributed by atoms with van der Waals surface area (Å²) in [6, 6.07) is 0. The Morgan fingerprint density at radius 1 is 1.24 bits per heavy atom. The van der Waals surface area contributed by atoms with E-state index < -0.39 is 17.7 Å². The number of carbonyl (C=O) groups excluding carboxylic acids is 1. The largest absolute Gasteiger partial charge is 0.478 e. The van der Waals surface area contributed by atoms with Gasteiger partial charge in [-0.1, -0.05) is 0 Å². The quantitative estimate of drug-likeness (QED) is 0.497. The third kappa shape index (κ3) is 10.6. The van der Waals surface area contributed by atoms with Gasteiger partial charge in [-0.05, 0) is 27.7 Å². The number of carbonyl (C=O) groups is 2. The van der Waals surface area contributed by atoms with Crippen LogP contribution in [0.15, 0.2) is 11.8 Å². The lowest BCUT2D eigenvalue weighted by atomic mass is 10.2. The fourth-order valence-corrected chi connectivity index (χ4v) is 0.975. The molecule has 0 spiro atoms. The molecule has 0 aromatic rings. The maximum atomic E-state index is 11.2. The Balaban J connectivity index is 3.72. The van der Waals surface area contributed by atoms with Gasteiger partial charge in [0, 0.05) is 24.9 Å². The van der Waals surface area contributed by atoms with Crippen molar-refractivity contribution < 1.29 is 19.4 Å². The van der Waals surface area contributed by atoms with Crippen LogP contribution in [0.5, 0.6) is 0 Å². The molecule has 17 heavy (non-hydrogen) atoms. The number of carboxylic acids is 1. The molecule has 0 unspecified atom stereocenters. The summed E-state index contributed by atoms with van der Waals surface area (Å²) in [6.45, 7) is 7.79. The van der Waals surface area contributed by atoms with Crippen molar-refractivity contribution in [2.75, 3.05) is 13.1 Å². The second-order valence-corrected chi connectivity index (χ2v) is 4.52. The molecule has 0 rings (SSSR count). The van der Waals surface area contributed by atoms with Crippen LogP contribution < -0.4 is 10.6 Å². The van der Waals surface area contributed by atoms with Crippen molar-refractivity contribution in [2.45, 2.75) is 33.3 Å². The summed E-state index contributed by atoms with van der Waals surface area (Å²) < 4.78 is 5.02. The Kier molecular flexibility index (Phi) is 6.09. The summed E-state index contributed by atoms with van der Waals surface area (Å²) in [4.78, 5) is 21.5. The molecular formula is C11H20N2O4. The Hall–Kier alpha value is -1.72. The topological polar surface area (TPSA) is 87.7 Å². The maximum Gasteiger partial charge on any atom is 0.407 e. The van der Waals surface area contributed by atoms with Crippen LogP contribution in [0, 0.1) is 0 Å². The van der Waals surface area contributed by atoms with Crippen molar-refractivity contribution in [3.8, 4) is 0 Å². The minimum absolute atomic E-state index is 0.361. The van der Waals surface area contributed by atoms with Crippen molar-refractivity contribution in [2.24, 2.45) is 0 Å². The Morgan fingerprint density at radius 2 is 1.76 bits per heavy atom. The number of amides is 1. The standard InChI is InChI=1S/C11H20N2O4/c1-8(7-9(14)15)12-5-6-13-10(16)17-11(2,3)4/h7,12H,5-6H2,1-4H3,(H,13,16)(H,14,15)/b8-7-. The molecule has 1 amide bonds. The summed E-state index contributed by atoms with van der Waals surface area (Å²) in [7, 11) is 0. The van der Waals surface area contributed by atoms with E-state index >= 15 is 0 Å². The van der Waals surface area contributed by atoms with Gasteiger partial charge in [-0.3, -0.25) is 0 Å². The van der Waals surface area contributed by atoms with Crippen LogP contribution in [0.2, 0.25) is 0 Å². The van der Waals surface area contributed by atoms with Crippen molar-refractivity contribution in [1.82, 2.24) is 10.6 Å². The smallest absolute Gasteiger partial charge is 0.407 e. The first-order valence-electron chi connectivity index (χ1n) is 5.32. The number of alkyl carbamates (subject to hydrolysis) is 1. The number of carboxylic acid groups (broad SMARTS) is 1. The molecular weight excluding hydrogens is 224 g/mol. The minimum Gasteiger partial charge on any atom is -0.478 e. The van der Waals surface area contributed by atoms with Crippen molar-refractivity contribution in [3.63, 3.8) is 0 Å². The lowest BCUT2D eigenvalue weighted by molar-refractivity contribution is -0.131. The van der Waals surface area contributed by atoms with Gasteiger partial charge in [0.15, 0.2) is 0 Å². The van der Waals surface area contributed by atoms with E-state index in [1.54, 1.807) is 27.7 Å². The normalized spacial score (nSPS) is 11.9. The Morgan fingerprint density at radius 3 is 2.24 bits per heavy atom. The molecule has 0 aromatic carbocycles. The van der Waals surface area contributed by atoms with Crippen LogP contribution in [0.25, 0.3) is 0 Å². The van der Waals surface area contributed by atoms with E-state index in [-0.39, 0.29) is 0 Å². The number of hydrogen-bond acceptors (Lipinski definition) is 4. The third-order valence-electron chi connectivity index (χ3n) is 1.54. The molecule has 0 saturated carbocycles.